The Morgan fingerprint density at radius 1 is 1.56 bits per heavy atom. The largest absolute Gasteiger partial charge is 0.465 e. The number of furan rings is 1. The van der Waals surface area contributed by atoms with Crippen molar-refractivity contribution < 1.29 is 4.42 Å². The maximum atomic E-state index is 5.34. The van der Waals surface area contributed by atoms with Crippen LogP contribution in [0.1, 0.15) is 5.76 Å². The van der Waals surface area contributed by atoms with Gasteiger partial charge in [-0.3, -0.25) is 0 Å². The number of hydrogen-bond donors (Lipinski definition) is 0. The fourth-order valence-corrected chi connectivity index (χ4v) is 0.696. The van der Waals surface area contributed by atoms with Crippen LogP contribution in [0, 0.1) is 0 Å². The zero-order valence-electron chi connectivity index (χ0n) is 4.47. The molecule has 0 unspecified atom stereocenters. The molecule has 0 N–H and O–H groups in total. The minimum absolute atomic E-state index is 0.199. The highest BCUT2D eigenvalue weighted by molar-refractivity contribution is 6.57. The van der Waals surface area contributed by atoms with Crippen molar-refractivity contribution in [2.45, 2.75) is 0 Å². The minimum atomic E-state index is 0.199. The van der Waals surface area contributed by atoms with Gasteiger partial charge in [-0.1, -0.05) is 23.2 Å². The first-order valence-corrected chi connectivity index (χ1v) is 3.11. The molecular formula is C6H4Cl2O. The topological polar surface area (TPSA) is 13.1 Å². The van der Waals surface area contributed by atoms with Gasteiger partial charge in [0.2, 0.25) is 0 Å². The van der Waals surface area contributed by atoms with E-state index in [9.17, 15) is 0 Å². The molecule has 0 radical (unpaired) electrons. The highest BCUT2D eigenvalue weighted by atomic mass is 35.5. The van der Waals surface area contributed by atoms with Crippen LogP contribution in [0.3, 0.4) is 0 Å². The molecule has 0 aromatic carbocycles. The second kappa shape index (κ2) is 2.95. The summed E-state index contributed by atoms with van der Waals surface area (Å²) in [4.78, 5) is 0. The first-order valence-electron chi connectivity index (χ1n) is 2.35. The molecule has 1 aromatic heterocycles. The zero-order valence-corrected chi connectivity index (χ0v) is 5.99. The predicted octanol–water partition coefficient (Wildman–Crippen LogP) is 3.06. The fraction of sp³-hybridized carbons (Fsp3) is 0. The second-order valence-corrected chi connectivity index (χ2v) is 2.46. The van der Waals surface area contributed by atoms with Gasteiger partial charge in [0.1, 0.15) is 10.3 Å². The SMILES string of the molecule is ClC(Cl)=Cc1ccco1. The first kappa shape index (κ1) is 6.72. The molecule has 48 valence electrons. The van der Waals surface area contributed by atoms with Gasteiger partial charge in [0.25, 0.3) is 0 Å². The average Bonchev–Trinajstić information content (AvgIpc) is 2.15. The zero-order chi connectivity index (χ0) is 6.69. The van der Waals surface area contributed by atoms with E-state index in [2.05, 4.69) is 0 Å². The van der Waals surface area contributed by atoms with E-state index in [0.717, 1.165) is 0 Å². The van der Waals surface area contributed by atoms with Crippen LogP contribution in [0.25, 0.3) is 6.08 Å². The highest BCUT2D eigenvalue weighted by Crippen LogP contribution is 2.13. The molecule has 0 aliphatic carbocycles. The maximum Gasteiger partial charge on any atom is 0.129 e. The maximum absolute atomic E-state index is 5.34. The van der Waals surface area contributed by atoms with Crippen molar-refractivity contribution >= 4 is 29.3 Å². The summed E-state index contributed by atoms with van der Waals surface area (Å²) in [6.45, 7) is 0. The lowest BCUT2D eigenvalue weighted by Gasteiger charge is -1.80. The van der Waals surface area contributed by atoms with Crippen LogP contribution in [-0.2, 0) is 0 Å². The molecular weight excluding hydrogens is 159 g/mol. The molecule has 0 spiro atoms. The molecule has 0 fully saturated rings. The van der Waals surface area contributed by atoms with Crippen LogP contribution in [0.15, 0.2) is 27.3 Å². The number of rotatable bonds is 1. The van der Waals surface area contributed by atoms with Crippen molar-refractivity contribution in [1.29, 1.82) is 0 Å². The van der Waals surface area contributed by atoms with E-state index in [1.54, 1.807) is 18.4 Å². The molecule has 0 aliphatic heterocycles. The predicted molar refractivity (Wildman–Crippen MR) is 38.4 cm³/mol. The minimum Gasteiger partial charge on any atom is -0.465 e. The summed E-state index contributed by atoms with van der Waals surface area (Å²) >= 11 is 10.7. The van der Waals surface area contributed by atoms with Crippen LogP contribution in [0.4, 0.5) is 0 Å². The van der Waals surface area contributed by atoms with E-state index in [4.69, 9.17) is 27.6 Å². The molecule has 0 amide bonds. The molecule has 0 bridgehead atoms. The highest BCUT2D eigenvalue weighted by Gasteiger charge is 1.89. The third-order valence-corrected chi connectivity index (χ3v) is 1.01. The molecule has 0 atom stereocenters. The number of halogens is 2. The van der Waals surface area contributed by atoms with Crippen LogP contribution >= 0.6 is 23.2 Å². The summed E-state index contributed by atoms with van der Waals surface area (Å²) < 4.78 is 5.10. The van der Waals surface area contributed by atoms with Crippen molar-refractivity contribution in [2.75, 3.05) is 0 Å². The summed E-state index contributed by atoms with van der Waals surface area (Å²) in [5.41, 5.74) is 0. The van der Waals surface area contributed by atoms with Crippen LogP contribution in [0.2, 0.25) is 0 Å². The molecule has 1 heterocycles. The van der Waals surface area contributed by atoms with Crippen molar-refractivity contribution in [2.24, 2.45) is 0 Å². The number of hydrogen-bond acceptors (Lipinski definition) is 1. The Bertz CT molecular complexity index is 197. The molecule has 1 rings (SSSR count). The van der Waals surface area contributed by atoms with E-state index < -0.39 is 0 Å². The Balaban J connectivity index is 2.80. The standard InChI is InChI=1S/C6H4Cl2O/c7-6(8)4-5-2-1-3-9-5/h1-4H. The van der Waals surface area contributed by atoms with Crippen LogP contribution < -0.4 is 0 Å². The summed E-state index contributed by atoms with van der Waals surface area (Å²) in [6, 6.07) is 3.54. The Morgan fingerprint density at radius 3 is 2.78 bits per heavy atom. The van der Waals surface area contributed by atoms with Gasteiger partial charge in [-0.15, -0.1) is 0 Å². The lowest BCUT2D eigenvalue weighted by atomic mass is 10.4. The van der Waals surface area contributed by atoms with Crippen molar-refractivity contribution in [3.8, 4) is 0 Å². The second-order valence-electron chi connectivity index (χ2n) is 1.45. The molecule has 0 saturated heterocycles. The lowest BCUT2D eigenvalue weighted by molar-refractivity contribution is 0.557. The van der Waals surface area contributed by atoms with Gasteiger partial charge in [-0.2, -0.15) is 0 Å². The average molecular weight is 163 g/mol. The third-order valence-electron chi connectivity index (χ3n) is 0.795. The van der Waals surface area contributed by atoms with E-state index in [1.807, 2.05) is 0 Å². The lowest BCUT2D eigenvalue weighted by Crippen LogP contribution is -1.57. The van der Waals surface area contributed by atoms with Crippen LogP contribution in [0.5, 0.6) is 0 Å². The van der Waals surface area contributed by atoms with Gasteiger partial charge < -0.3 is 4.42 Å². The van der Waals surface area contributed by atoms with Crippen molar-refractivity contribution in [3.63, 3.8) is 0 Å². The summed E-state index contributed by atoms with van der Waals surface area (Å²) in [5, 5.41) is 0. The monoisotopic (exact) mass is 162 g/mol. The fourth-order valence-electron chi connectivity index (χ4n) is 0.481. The quantitative estimate of drug-likeness (QED) is 0.619. The Morgan fingerprint density at radius 2 is 2.33 bits per heavy atom. The van der Waals surface area contributed by atoms with E-state index in [1.165, 1.54) is 6.08 Å². The normalized spacial score (nSPS) is 9.11. The molecule has 1 nitrogen and oxygen atoms in total. The summed E-state index contributed by atoms with van der Waals surface area (Å²) in [6.07, 6.45) is 3.09. The first-order chi connectivity index (χ1) is 4.29. The van der Waals surface area contributed by atoms with E-state index >= 15 is 0 Å². The van der Waals surface area contributed by atoms with Gasteiger partial charge in [0.05, 0.1) is 6.26 Å². The molecule has 9 heavy (non-hydrogen) atoms. The van der Waals surface area contributed by atoms with Gasteiger partial charge in [0.15, 0.2) is 0 Å². The Labute approximate surface area is 62.9 Å². The van der Waals surface area contributed by atoms with Gasteiger partial charge >= 0.3 is 0 Å². The van der Waals surface area contributed by atoms with Gasteiger partial charge in [0, 0.05) is 6.08 Å². The van der Waals surface area contributed by atoms with Crippen molar-refractivity contribution in [3.05, 3.63) is 28.6 Å². The molecule has 1 aromatic rings. The third kappa shape index (κ3) is 2.12. The Kier molecular flexibility index (Phi) is 2.20. The molecule has 0 aliphatic rings. The molecule has 0 saturated carbocycles. The summed E-state index contributed by atoms with van der Waals surface area (Å²) in [7, 11) is 0. The van der Waals surface area contributed by atoms with Crippen molar-refractivity contribution in [1.82, 2.24) is 0 Å². The van der Waals surface area contributed by atoms with E-state index in [-0.39, 0.29) is 4.49 Å². The van der Waals surface area contributed by atoms with Gasteiger partial charge in [-0.25, -0.2) is 0 Å². The van der Waals surface area contributed by atoms with Crippen LogP contribution in [-0.4, -0.2) is 0 Å². The Hall–Kier alpha value is -0.400. The van der Waals surface area contributed by atoms with E-state index in [0.29, 0.717) is 5.76 Å². The molecule has 3 heteroatoms. The summed E-state index contributed by atoms with van der Waals surface area (Å²) in [5.74, 6) is 0.662. The smallest absolute Gasteiger partial charge is 0.129 e. The van der Waals surface area contributed by atoms with Gasteiger partial charge in [-0.05, 0) is 12.1 Å².